The van der Waals surface area contributed by atoms with Crippen LogP contribution in [0.4, 0.5) is 5.69 Å². The van der Waals surface area contributed by atoms with E-state index in [-0.39, 0.29) is 17.3 Å². The van der Waals surface area contributed by atoms with Crippen LogP contribution in [0.15, 0.2) is 24.3 Å². The second-order valence-electron chi connectivity index (χ2n) is 5.94. The summed E-state index contributed by atoms with van der Waals surface area (Å²) in [4.78, 5) is 36.1. The van der Waals surface area contributed by atoms with Crippen molar-refractivity contribution in [1.29, 1.82) is 0 Å². The number of hydrogen-bond donors (Lipinski definition) is 2. The van der Waals surface area contributed by atoms with Gasteiger partial charge in [-0.05, 0) is 31.4 Å². The zero-order valence-electron chi connectivity index (χ0n) is 14.0. The van der Waals surface area contributed by atoms with Crippen molar-refractivity contribution in [2.45, 2.75) is 51.5 Å². The standard InChI is InChI=1S/C18H24N2O4/c1-2-3-12-24-18(23)14-10-6-7-11-15(14)20-17(22)16(21)19-13-8-4-5-9-13/h6-7,10-11,13H,2-5,8-9,12H2,1H3,(H,19,21)(H,20,22). The number of hydrogen-bond acceptors (Lipinski definition) is 4. The Kier molecular flexibility index (Phi) is 6.78. The molecule has 1 aliphatic rings. The monoisotopic (exact) mass is 332 g/mol. The van der Waals surface area contributed by atoms with Crippen molar-refractivity contribution in [2.75, 3.05) is 11.9 Å². The van der Waals surface area contributed by atoms with Crippen LogP contribution >= 0.6 is 0 Å². The maximum atomic E-state index is 12.1. The van der Waals surface area contributed by atoms with Gasteiger partial charge < -0.3 is 15.4 Å². The van der Waals surface area contributed by atoms with Crippen LogP contribution in [-0.4, -0.2) is 30.4 Å². The van der Waals surface area contributed by atoms with Crippen LogP contribution in [-0.2, 0) is 14.3 Å². The number of nitrogens with one attached hydrogen (secondary N) is 2. The maximum absolute atomic E-state index is 12.1. The highest BCUT2D eigenvalue weighted by atomic mass is 16.5. The van der Waals surface area contributed by atoms with E-state index >= 15 is 0 Å². The Morgan fingerprint density at radius 2 is 1.83 bits per heavy atom. The molecule has 0 aliphatic heterocycles. The van der Waals surface area contributed by atoms with Gasteiger partial charge in [0, 0.05) is 6.04 Å². The van der Waals surface area contributed by atoms with Gasteiger partial charge in [0.25, 0.3) is 0 Å². The average molecular weight is 332 g/mol. The van der Waals surface area contributed by atoms with Gasteiger partial charge in [0.1, 0.15) is 0 Å². The number of anilines is 1. The minimum Gasteiger partial charge on any atom is -0.462 e. The Hall–Kier alpha value is -2.37. The van der Waals surface area contributed by atoms with E-state index in [0.717, 1.165) is 38.5 Å². The molecule has 0 spiro atoms. The molecule has 2 rings (SSSR count). The number of para-hydroxylation sites is 1. The van der Waals surface area contributed by atoms with Crippen molar-refractivity contribution in [3.8, 4) is 0 Å². The van der Waals surface area contributed by atoms with Crippen LogP contribution in [0.2, 0.25) is 0 Å². The fourth-order valence-electron chi connectivity index (χ4n) is 2.66. The van der Waals surface area contributed by atoms with Crippen molar-refractivity contribution in [2.24, 2.45) is 0 Å². The molecule has 24 heavy (non-hydrogen) atoms. The summed E-state index contributed by atoms with van der Waals surface area (Å²) in [5, 5.41) is 5.23. The summed E-state index contributed by atoms with van der Waals surface area (Å²) in [6.07, 6.45) is 5.65. The van der Waals surface area contributed by atoms with E-state index in [1.54, 1.807) is 24.3 Å². The predicted octanol–water partition coefficient (Wildman–Crippen LogP) is 2.64. The molecular weight excluding hydrogens is 308 g/mol. The van der Waals surface area contributed by atoms with Gasteiger partial charge in [-0.15, -0.1) is 0 Å². The van der Waals surface area contributed by atoms with Gasteiger partial charge in [-0.25, -0.2) is 4.79 Å². The Morgan fingerprint density at radius 1 is 1.12 bits per heavy atom. The fraction of sp³-hybridized carbons (Fsp3) is 0.500. The molecule has 1 fully saturated rings. The third-order valence-electron chi connectivity index (χ3n) is 4.02. The van der Waals surface area contributed by atoms with Gasteiger partial charge in [0.15, 0.2) is 0 Å². The van der Waals surface area contributed by atoms with E-state index in [1.807, 2.05) is 6.92 Å². The van der Waals surface area contributed by atoms with Crippen LogP contribution in [0.25, 0.3) is 0 Å². The van der Waals surface area contributed by atoms with Gasteiger partial charge >= 0.3 is 17.8 Å². The first-order valence-corrected chi connectivity index (χ1v) is 8.49. The lowest BCUT2D eigenvalue weighted by molar-refractivity contribution is -0.136. The third-order valence-corrected chi connectivity index (χ3v) is 4.02. The lowest BCUT2D eigenvalue weighted by Gasteiger charge is -2.13. The molecule has 2 amide bonds. The normalized spacial score (nSPS) is 14.2. The summed E-state index contributed by atoms with van der Waals surface area (Å²) in [6.45, 7) is 2.34. The van der Waals surface area contributed by atoms with E-state index in [0.29, 0.717) is 6.61 Å². The van der Waals surface area contributed by atoms with Gasteiger partial charge in [-0.3, -0.25) is 9.59 Å². The number of benzene rings is 1. The molecule has 0 heterocycles. The SMILES string of the molecule is CCCCOC(=O)c1ccccc1NC(=O)C(=O)NC1CCCC1. The number of ether oxygens (including phenoxy) is 1. The van der Waals surface area contributed by atoms with Crippen LogP contribution in [0, 0.1) is 0 Å². The molecule has 0 aromatic heterocycles. The molecule has 1 aromatic carbocycles. The van der Waals surface area contributed by atoms with Crippen molar-refractivity contribution >= 4 is 23.5 Å². The Balaban J connectivity index is 1.96. The molecule has 1 aromatic rings. The number of esters is 1. The lowest BCUT2D eigenvalue weighted by atomic mass is 10.1. The molecule has 6 heteroatoms. The summed E-state index contributed by atoms with van der Waals surface area (Å²) >= 11 is 0. The Bertz CT molecular complexity index is 594. The molecule has 0 atom stereocenters. The quantitative estimate of drug-likeness (QED) is 0.476. The topological polar surface area (TPSA) is 84.5 Å². The predicted molar refractivity (Wildman–Crippen MR) is 90.7 cm³/mol. The first kappa shape index (κ1) is 18.0. The Morgan fingerprint density at radius 3 is 2.54 bits per heavy atom. The van der Waals surface area contributed by atoms with Crippen molar-refractivity contribution in [3.05, 3.63) is 29.8 Å². The third kappa shape index (κ3) is 5.08. The largest absolute Gasteiger partial charge is 0.462 e. The summed E-state index contributed by atoms with van der Waals surface area (Å²) in [5.41, 5.74) is 0.529. The van der Waals surface area contributed by atoms with Crippen molar-refractivity contribution in [1.82, 2.24) is 5.32 Å². The molecule has 0 saturated heterocycles. The van der Waals surface area contributed by atoms with Gasteiger partial charge in [0.05, 0.1) is 17.9 Å². The molecule has 2 N–H and O–H groups in total. The number of amides is 2. The highest BCUT2D eigenvalue weighted by Gasteiger charge is 2.23. The van der Waals surface area contributed by atoms with E-state index in [9.17, 15) is 14.4 Å². The first-order chi connectivity index (χ1) is 11.6. The molecule has 0 bridgehead atoms. The summed E-state index contributed by atoms with van der Waals surface area (Å²) in [7, 11) is 0. The van der Waals surface area contributed by atoms with Gasteiger partial charge in [0.2, 0.25) is 0 Å². The van der Waals surface area contributed by atoms with Crippen LogP contribution in [0.1, 0.15) is 55.8 Å². The fourth-order valence-corrected chi connectivity index (χ4v) is 2.66. The minimum atomic E-state index is -0.768. The molecule has 1 saturated carbocycles. The van der Waals surface area contributed by atoms with Crippen LogP contribution in [0.3, 0.4) is 0 Å². The highest BCUT2D eigenvalue weighted by Crippen LogP contribution is 2.18. The molecule has 1 aliphatic carbocycles. The van der Waals surface area contributed by atoms with E-state index in [4.69, 9.17) is 4.74 Å². The average Bonchev–Trinajstić information content (AvgIpc) is 3.08. The number of carbonyl (C=O) groups is 3. The number of rotatable bonds is 6. The van der Waals surface area contributed by atoms with Crippen molar-refractivity contribution < 1.29 is 19.1 Å². The zero-order valence-corrected chi connectivity index (χ0v) is 14.0. The summed E-state index contributed by atoms with van der Waals surface area (Å²) < 4.78 is 5.17. The van der Waals surface area contributed by atoms with E-state index in [2.05, 4.69) is 10.6 Å². The summed E-state index contributed by atoms with van der Waals surface area (Å²) in [5.74, 6) is -1.94. The molecular formula is C18H24N2O4. The number of unbranched alkanes of at least 4 members (excludes halogenated alkanes) is 1. The lowest BCUT2D eigenvalue weighted by Crippen LogP contribution is -2.40. The maximum Gasteiger partial charge on any atom is 0.340 e. The zero-order chi connectivity index (χ0) is 17.4. The smallest absolute Gasteiger partial charge is 0.340 e. The number of carbonyl (C=O) groups excluding carboxylic acids is 3. The van der Waals surface area contributed by atoms with E-state index in [1.165, 1.54) is 0 Å². The molecule has 0 radical (unpaired) electrons. The molecule has 6 nitrogen and oxygen atoms in total. The molecule has 0 unspecified atom stereocenters. The van der Waals surface area contributed by atoms with Crippen LogP contribution < -0.4 is 10.6 Å². The second kappa shape index (κ2) is 9.05. The molecule has 130 valence electrons. The first-order valence-electron chi connectivity index (χ1n) is 8.49. The van der Waals surface area contributed by atoms with E-state index < -0.39 is 17.8 Å². The van der Waals surface area contributed by atoms with Crippen LogP contribution in [0.5, 0.6) is 0 Å². The second-order valence-corrected chi connectivity index (χ2v) is 5.94. The highest BCUT2D eigenvalue weighted by molar-refractivity contribution is 6.40. The van der Waals surface area contributed by atoms with Crippen molar-refractivity contribution in [3.63, 3.8) is 0 Å². The van der Waals surface area contributed by atoms with Gasteiger partial charge in [-0.1, -0.05) is 38.3 Å². The summed E-state index contributed by atoms with van der Waals surface area (Å²) in [6, 6.07) is 6.59. The Labute approximate surface area is 142 Å². The van der Waals surface area contributed by atoms with Gasteiger partial charge in [-0.2, -0.15) is 0 Å². The minimum absolute atomic E-state index is 0.0671.